The predicted octanol–water partition coefficient (Wildman–Crippen LogP) is 4.57. The molecule has 2 unspecified atom stereocenters. The molecule has 1 aromatic heterocycles. The number of nitrogens with one attached hydrogen (secondary N) is 2. The van der Waals surface area contributed by atoms with Crippen molar-refractivity contribution in [2.24, 2.45) is 10.9 Å². The van der Waals surface area contributed by atoms with Gasteiger partial charge in [0.15, 0.2) is 5.96 Å². The summed E-state index contributed by atoms with van der Waals surface area (Å²) in [6.07, 6.45) is 10.6. The van der Waals surface area contributed by atoms with E-state index in [1.807, 2.05) is 18.4 Å². The van der Waals surface area contributed by atoms with Crippen molar-refractivity contribution in [3.63, 3.8) is 0 Å². The second-order valence-corrected chi connectivity index (χ2v) is 9.67. The van der Waals surface area contributed by atoms with Crippen molar-refractivity contribution in [3.8, 4) is 0 Å². The summed E-state index contributed by atoms with van der Waals surface area (Å²) in [4.78, 5) is 11.1. The van der Waals surface area contributed by atoms with E-state index < -0.39 is 0 Å². The second-order valence-electron chi connectivity index (χ2n) is 8.69. The van der Waals surface area contributed by atoms with Gasteiger partial charge in [-0.05, 0) is 89.1 Å². The van der Waals surface area contributed by atoms with Crippen molar-refractivity contribution in [1.29, 1.82) is 0 Å². The fourth-order valence-corrected chi connectivity index (χ4v) is 5.84. The van der Waals surface area contributed by atoms with E-state index in [0.717, 1.165) is 19.0 Å². The van der Waals surface area contributed by atoms with Crippen LogP contribution in [0, 0.1) is 5.92 Å². The molecule has 2 saturated heterocycles. The normalized spacial score (nSPS) is 23.7. The third-order valence-corrected chi connectivity index (χ3v) is 7.43. The van der Waals surface area contributed by atoms with E-state index in [2.05, 4.69) is 50.0 Å². The average Bonchev–Trinajstić information content (AvgIpc) is 3.28. The maximum Gasteiger partial charge on any atom is 0.190 e. The molecule has 5 nitrogen and oxygen atoms in total. The lowest BCUT2D eigenvalue weighted by Crippen LogP contribution is -2.45. The molecule has 3 rings (SSSR count). The van der Waals surface area contributed by atoms with Crippen molar-refractivity contribution in [2.45, 2.75) is 57.4 Å². The Morgan fingerprint density at radius 3 is 2.67 bits per heavy atom. The summed E-state index contributed by atoms with van der Waals surface area (Å²) in [7, 11) is 4.16. The average molecular weight is 548 g/mol. The molecule has 2 atom stereocenters. The van der Waals surface area contributed by atoms with Crippen LogP contribution in [0.4, 0.5) is 0 Å². The van der Waals surface area contributed by atoms with Crippen LogP contribution in [0.2, 0.25) is 0 Å². The van der Waals surface area contributed by atoms with Gasteiger partial charge in [0.25, 0.3) is 0 Å². The van der Waals surface area contributed by atoms with E-state index in [4.69, 9.17) is 0 Å². The first-order valence-electron chi connectivity index (χ1n) is 11.7. The summed E-state index contributed by atoms with van der Waals surface area (Å²) < 4.78 is 0. The smallest absolute Gasteiger partial charge is 0.190 e. The minimum atomic E-state index is 0. The molecule has 0 bridgehead atoms. The number of hydrogen-bond donors (Lipinski definition) is 2. The largest absolute Gasteiger partial charge is 0.356 e. The van der Waals surface area contributed by atoms with Gasteiger partial charge in [-0.3, -0.25) is 9.89 Å². The van der Waals surface area contributed by atoms with Gasteiger partial charge in [-0.15, -0.1) is 35.3 Å². The standard InChI is InChI=1S/C23H41N5S.HI/c1-24-23(25-13-5-3-6-15-28-16-7-4-8-17-28)26-19-20-11-9-14-27(2)22(20)21-12-10-18-29-21;/h10,12,18,20,22H,3-9,11,13-17,19H2,1-2H3,(H2,24,25,26);1H. The molecule has 0 aliphatic carbocycles. The number of hydrogen-bond acceptors (Lipinski definition) is 4. The lowest BCUT2D eigenvalue weighted by atomic mass is 9.88. The first-order valence-corrected chi connectivity index (χ1v) is 12.6. The summed E-state index contributed by atoms with van der Waals surface area (Å²) in [5.41, 5.74) is 0. The molecule has 0 saturated carbocycles. The van der Waals surface area contributed by atoms with Crippen LogP contribution in [0.25, 0.3) is 0 Å². The zero-order valence-corrected chi connectivity index (χ0v) is 22.1. The Kier molecular flexibility index (Phi) is 12.6. The molecule has 0 amide bonds. The Labute approximate surface area is 205 Å². The van der Waals surface area contributed by atoms with Crippen LogP contribution in [0.15, 0.2) is 22.5 Å². The molecule has 2 aliphatic rings. The van der Waals surface area contributed by atoms with Gasteiger partial charge < -0.3 is 15.5 Å². The molecule has 0 aromatic carbocycles. The fraction of sp³-hybridized carbons (Fsp3) is 0.783. The second kappa shape index (κ2) is 14.6. The molecule has 2 fully saturated rings. The van der Waals surface area contributed by atoms with Crippen molar-refractivity contribution < 1.29 is 0 Å². The number of aliphatic imine (C=N–C) groups is 1. The Hall–Kier alpha value is -0.380. The topological polar surface area (TPSA) is 42.9 Å². The Bertz CT molecular complexity index is 588. The number of rotatable bonds is 9. The molecular weight excluding hydrogens is 505 g/mol. The van der Waals surface area contributed by atoms with Crippen molar-refractivity contribution >= 4 is 41.3 Å². The van der Waals surface area contributed by atoms with E-state index in [9.17, 15) is 0 Å². The van der Waals surface area contributed by atoms with E-state index in [1.165, 1.54) is 82.4 Å². The van der Waals surface area contributed by atoms with Gasteiger partial charge in [-0.2, -0.15) is 0 Å². The molecule has 3 heterocycles. The van der Waals surface area contributed by atoms with Gasteiger partial charge in [0.05, 0.1) is 0 Å². The monoisotopic (exact) mass is 547 g/mol. The van der Waals surface area contributed by atoms with Gasteiger partial charge in [0, 0.05) is 31.1 Å². The first kappa shape index (κ1) is 25.9. The molecule has 172 valence electrons. The highest BCUT2D eigenvalue weighted by Gasteiger charge is 2.31. The number of nitrogens with zero attached hydrogens (tertiary/aromatic N) is 3. The van der Waals surface area contributed by atoms with Gasteiger partial charge in [-0.1, -0.05) is 18.9 Å². The maximum absolute atomic E-state index is 4.45. The third-order valence-electron chi connectivity index (χ3n) is 6.49. The zero-order chi connectivity index (χ0) is 20.3. The third kappa shape index (κ3) is 8.28. The number of guanidine groups is 1. The highest BCUT2D eigenvalue weighted by Crippen LogP contribution is 2.36. The van der Waals surface area contributed by atoms with Crippen LogP contribution in [-0.2, 0) is 0 Å². The Morgan fingerprint density at radius 2 is 1.93 bits per heavy atom. The molecule has 7 heteroatoms. The van der Waals surface area contributed by atoms with Gasteiger partial charge in [-0.25, -0.2) is 0 Å². The van der Waals surface area contributed by atoms with Crippen LogP contribution in [0.3, 0.4) is 0 Å². The van der Waals surface area contributed by atoms with E-state index in [0.29, 0.717) is 12.0 Å². The van der Waals surface area contributed by atoms with Crippen LogP contribution in [0.1, 0.15) is 62.3 Å². The van der Waals surface area contributed by atoms with E-state index in [1.54, 1.807) is 0 Å². The van der Waals surface area contributed by atoms with Crippen LogP contribution >= 0.6 is 35.3 Å². The summed E-state index contributed by atoms with van der Waals surface area (Å²) in [5.74, 6) is 1.59. The highest BCUT2D eigenvalue weighted by atomic mass is 127. The number of halogens is 1. The molecule has 1 aromatic rings. The van der Waals surface area contributed by atoms with E-state index >= 15 is 0 Å². The van der Waals surface area contributed by atoms with E-state index in [-0.39, 0.29) is 24.0 Å². The number of unbranched alkanes of at least 4 members (excludes halogenated alkanes) is 2. The van der Waals surface area contributed by atoms with Gasteiger partial charge in [0.2, 0.25) is 0 Å². The number of piperidine rings is 2. The van der Waals surface area contributed by atoms with Crippen molar-refractivity contribution in [2.75, 3.05) is 53.4 Å². The molecule has 0 spiro atoms. The summed E-state index contributed by atoms with van der Waals surface area (Å²) in [5, 5.41) is 9.33. The van der Waals surface area contributed by atoms with Gasteiger partial charge in [0.1, 0.15) is 0 Å². The Morgan fingerprint density at radius 1 is 1.10 bits per heavy atom. The van der Waals surface area contributed by atoms with Crippen molar-refractivity contribution in [1.82, 2.24) is 20.4 Å². The maximum atomic E-state index is 4.45. The molecule has 2 N–H and O–H groups in total. The molecule has 2 aliphatic heterocycles. The highest BCUT2D eigenvalue weighted by molar-refractivity contribution is 14.0. The van der Waals surface area contributed by atoms with Crippen molar-refractivity contribution in [3.05, 3.63) is 22.4 Å². The summed E-state index contributed by atoms with van der Waals surface area (Å²) in [6.45, 7) is 7.12. The summed E-state index contributed by atoms with van der Waals surface area (Å²) in [6, 6.07) is 5.00. The zero-order valence-electron chi connectivity index (χ0n) is 18.9. The fourth-order valence-electron chi connectivity index (χ4n) is 4.86. The molecular formula is C23H42IN5S. The first-order chi connectivity index (χ1) is 14.3. The SMILES string of the molecule is CN=C(NCCCCCN1CCCCC1)NCC1CCCN(C)C1c1cccs1.I. The lowest BCUT2D eigenvalue weighted by molar-refractivity contribution is 0.125. The quantitative estimate of drug-likeness (QED) is 0.206. The van der Waals surface area contributed by atoms with Crippen LogP contribution in [-0.4, -0.2) is 69.1 Å². The Balaban J connectivity index is 0.00000320. The van der Waals surface area contributed by atoms with Crippen LogP contribution in [0.5, 0.6) is 0 Å². The van der Waals surface area contributed by atoms with Crippen LogP contribution < -0.4 is 10.6 Å². The lowest BCUT2D eigenvalue weighted by Gasteiger charge is -2.39. The molecule has 30 heavy (non-hydrogen) atoms. The predicted molar refractivity (Wildman–Crippen MR) is 141 cm³/mol. The minimum Gasteiger partial charge on any atom is -0.356 e. The minimum absolute atomic E-state index is 0. The summed E-state index contributed by atoms with van der Waals surface area (Å²) >= 11 is 1.89. The number of thiophene rings is 1. The number of likely N-dealkylation sites (tertiary alicyclic amines) is 2. The molecule has 0 radical (unpaired) electrons. The van der Waals surface area contributed by atoms with Gasteiger partial charge >= 0.3 is 0 Å².